The van der Waals surface area contributed by atoms with E-state index in [0.29, 0.717) is 6.04 Å². The molecule has 0 spiro atoms. The Balaban J connectivity index is 1.41. The minimum absolute atomic E-state index is 0.0856. The first-order chi connectivity index (χ1) is 11.7. The Morgan fingerprint density at radius 2 is 1.83 bits per heavy atom. The lowest BCUT2D eigenvalue weighted by Crippen LogP contribution is -2.39. The normalized spacial score (nSPS) is 24.2. The second-order valence-electron chi connectivity index (χ2n) is 7.49. The van der Waals surface area contributed by atoms with Crippen LogP contribution in [0.3, 0.4) is 0 Å². The van der Waals surface area contributed by atoms with E-state index in [1.807, 2.05) is 4.90 Å². The molecule has 1 aromatic rings. The SMILES string of the molecule is O=C(NC1CCCC1)C1CCc2sc(C(=O)N3CCCC3)cc2C1. The predicted octanol–water partition coefficient (Wildman–Crippen LogP) is 3.15. The third-order valence-electron chi connectivity index (χ3n) is 5.76. The summed E-state index contributed by atoms with van der Waals surface area (Å²) in [5.74, 6) is 0.507. The van der Waals surface area contributed by atoms with Crippen molar-refractivity contribution in [2.75, 3.05) is 13.1 Å². The Morgan fingerprint density at radius 1 is 1.08 bits per heavy atom. The van der Waals surface area contributed by atoms with E-state index >= 15 is 0 Å². The summed E-state index contributed by atoms with van der Waals surface area (Å²) in [6.07, 6.45) is 9.67. The number of nitrogens with zero attached hydrogens (tertiary/aromatic N) is 1. The number of nitrogens with one attached hydrogen (secondary N) is 1. The number of fused-ring (bicyclic) bond motifs is 1. The minimum atomic E-state index is 0.0856. The molecule has 1 unspecified atom stereocenters. The van der Waals surface area contributed by atoms with Crippen LogP contribution in [0.15, 0.2) is 6.07 Å². The molecule has 0 radical (unpaired) electrons. The van der Waals surface area contributed by atoms with Crippen molar-refractivity contribution in [1.29, 1.82) is 0 Å². The highest BCUT2D eigenvalue weighted by atomic mass is 32.1. The van der Waals surface area contributed by atoms with Gasteiger partial charge in [-0.2, -0.15) is 0 Å². The lowest BCUT2D eigenvalue weighted by Gasteiger charge is -2.23. The highest BCUT2D eigenvalue weighted by molar-refractivity contribution is 7.14. The van der Waals surface area contributed by atoms with Crippen LogP contribution in [0.25, 0.3) is 0 Å². The summed E-state index contributed by atoms with van der Waals surface area (Å²) in [6, 6.07) is 2.46. The molecule has 130 valence electrons. The zero-order valence-electron chi connectivity index (χ0n) is 14.2. The molecule has 4 nitrogen and oxygen atoms in total. The van der Waals surface area contributed by atoms with Gasteiger partial charge in [0.05, 0.1) is 4.88 Å². The van der Waals surface area contributed by atoms with Crippen LogP contribution in [0, 0.1) is 5.92 Å². The maximum atomic E-state index is 12.6. The van der Waals surface area contributed by atoms with Gasteiger partial charge in [0.15, 0.2) is 0 Å². The van der Waals surface area contributed by atoms with Crippen LogP contribution in [-0.2, 0) is 17.6 Å². The van der Waals surface area contributed by atoms with Crippen LogP contribution >= 0.6 is 11.3 Å². The fraction of sp³-hybridized carbons (Fsp3) is 0.684. The number of likely N-dealkylation sites (tertiary alicyclic amines) is 1. The molecule has 1 saturated heterocycles. The fourth-order valence-electron chi connectivity index (χ4n) is 4.32. The van der Waals surface area contributed by atoms with Crippen molar-refractivity contribution < 1.29 is 9.59 Å². The third-order valence-corrected chi connectivity index (χ3v) is 6.98. The van der Waals surface area contributed by atoms with Crippen LogP contribution in [0.4, 0.5) is 0 Å². The molecule has 2 heterocycles. The van der Waals surface area contributed by atoms with E-state index in [9.17, 15) is 9.59 Å². The Hall–Kier alpha value is -1.36. The van der Waals surface area contributed by atoms with Gasteiger partial charge in [-0.3, -0.25) is 9.59 Å². The summed E-state index contributed by atoms with van der Waals surface area (Å²) >= 11 is 1.65. The van der Waals surface area contributed by atoms with Crippen LogP contribution in [0.2, 0.25) is 0 Å². The Morgan fingerprint density at radius 3 is 2.58 bits per heavy atom. The van der Waals surface area contributed by atoms with E-state index in [0.717, 1.165) is 62.9 Å². The van der Waals surface area contributed by atoms with Crippen molar-refractivity contribution in [2.45, 2.75) is 63.8 Å². The van der Waals surface area contributed by atoms with Crippen LogP contribution in [0.5, 0.6) is 0 Å². The highest BCUT2D eigenvalue weighted by Gasteiger charge is 2.30. The standard InChI is InChI=1S/C19H26N2O2S/c22-18(20-15-5-1-2-6-15)13-7-8-16-14(11-13)12-17(24-16)19(23)21-9-3-4-10-21/h12-13,15H,1-11H2,(H,20,22). The van der Waals surface area contributed by atoms with E-state index < -0.39 is 0 Å². The average Bonchev–Trinajstić information content (AvgIpc) is 3.33. The van der Waals surface area contributed by atoms with Crippen molar-refractivity contribution in [3.05, 3.63) is 21.4 Å². The van der Waals surface area contributed by atoms with Gasteiger partial charge in [0.1, 0.15) is 0 Å². The predicted molar refractivity (Wildman–Crippen MR) is 95.4 cm³/mol. The Kier molecular flexibility index (Phi) is 4.61. The highest BCUT2D eigenvalue weighted by Crippen LogP contribution is 2.33. The number of hydrogen-bond acceptors (Lipinski definition) is 3. The first kappa shape index (κ1) is 16.1. The van der Waals surface area contributed by atoms with Gasteiger partial charge in [-0.05, 0) is 56.6 Å². The molecule has 2 fully saturated rings. The average molecular weight is 346 g/mol. The van der Waals surface area contributed by atoms with Crippen molar-refractivity contribution in [3.63, 3.8) is 0 Å². The molecule has 2 amide bonds. The number of carbonyl (C=O) groups excluding carboxylic acids is 2. The number of carbonyl (C=O) groups is 2. The molecule has 4 rings (SSSR count). The molecule has 1 atom stereocenters. The van der Waals surface area contributed by atoms with E-state index in [4.69, 9.17) is 0 Å². The van der Waals surface area contributed by atoms with Crippen LogP contribution in [-0.4, -0.2) is 35.8 Å². The molecule has 1 aromatic heterocycles. The maximum absolute atomic E-state index is 12.6. The van der Waals surface area contributed by atoms with E-state index in [1.54, 1.807) is 11.3 Å². The first-order valence-corrected chi connectivity index (χ1v) is 10.2. The molecule has 1 aliphatic heterocycles. The van der Waals surface area contributed by atoms with Gasteiger partial charge in [-0.1, -0.05) is 12.8 Å². The zero-order valence-corrected chi connectivity index (χ0v) is 15.0. The van der Waals surface area contributed by atoms with Gasteiger partial charge < -0.3 is 10.2 Å². The van der Waals surface area contributed by atoms with E-state index in [2.05, 4.69) is 11.4 Å². The fourth-order valence-corrected chi connectivity index (χ4v) is 5.49. The second kappa shape index (κ2) is 6.87. The molecular weight excluding hydrogens is 320 g/mol. The van der Waals surface area contributed by atoms with Crippen LogP contribution < -0.4 is 5.32 Å². The molecule has 3 aliphatic rings. The zero-order chi connectivity index (χ0) is 16.5. The monoisotopic (exact) mass is 346 g/mol. The van der Waals surface area contributed by atoms with Gasteiger partial charge in [0, 0.05) is 29.9 Å². The van der Waals surface area contributed by atoms with Gasteiger partial charge in [-0.15, -0.1) is 11.3 Å². The Labute approximate surface area is 147 Å². The summed E-state index contributed by atoms with van der Waals surface area (Å²) in [6.45, 7) is 1.79. The lowest BCUT2D eigenvalue weighted by atomic mass is 9.87. The molecule has 2 aliphatic carbocycles. The summed E-state index contributed by atoms with van der Waals surface area (Å²) in [5, 5.41) is 3.24. The minimum Gasteiger partial charge on any atom is -0.353 e. The summed E-state index contributed by atoms with van der Waals surface area (Å²) < 4.78 is 0. The van der Waals surface area contributed by atoms with Crippen molar-refractivity contribution >= 4 is 23.2 Å². The molecule has 0 bridgehead atoms. The number of hydrogen-bond donors (Lipinski definition) is 1. The van der Waals surface area contributed by atoms with Gasteiger partial charge in [-0.25, -0.2) is 0 Å². The second-order valence-corrected chi connectivity index (χ2v) is 8.62. The topological polar surface area (TPSA) is 49.4 Å². The Bertz CT molecular complexity index is 627. The number of rotatable bonds is 3. The number of aryl methyl sites for hydroxylation is 1. The van der Waals surface area contributed by atoms with Gasteiger partial charge in [0.2, 0.25) is 5.91 Å². The third kappa shape index (κ3) is 3.23. The smallest absolute Gasteiger partial charge is 0.263 e. The summed E-state index contributed by atoms with van der Waals surface area (Å²) in [7, 11) is 0. The maximum Gasteiger partial charge on any atom is 0.263 e. The van der Waals surface area contributed by atoms with Gasteiger partial charge >= 0.3 is 0 Å². The van der Waals surface area contributed by atoms with Gasteiger partial charge in [0.25, 0.3) is 5.91 Å². The van der Waals surface area contributed by atoms with Crippen molar-refractivity contribution in [2.24, 2.45) is 5.92 Å². The van der Waals surface area contributed by atoms with Crippen LogP contribution in [0.1, 0.15) is 65.1 Å². The summed E-state index contributed by atoms with van der Waals surface area (Å²) in [5.41, 5.74) is 1.24. The lowest BCUT2D eigenvalue weighted by molar-refractivity contribution is -0.126. The molecule has 24 heavy (non-hydrogen) atoms. The van der Waals surface area contributed by atoms with E-state index in [1.165, 1.54) is 23.3 Å². The number of amides is 2. The number of thiophene rings is 1. The quantitative estimate of drug-likeness (QED) is 0.914. The molecule has 0 aromatic carbocycles. The molecule has 1 saturated carbocycles. The first-order valence-electron chi connectivity index (χ1n) is 9.42. The van der Waals surface area contributed by atoms with E-state index in [-0.39, 0.29) is 17.7 Å². The summed E-state index contributed by atoms with van der Waals surface area (Å²) in [4.78, 5) is 29.3. The molecular formula is C19H26N2O2S. The van der Waals surface area contributed by atoms with Crippen molar-refractivity contribution in [1.82, 2.24) is 10.2 Å². The molecule has 5 heteroatoms. The molecule has 1 N–H and O–H groups in total. The van der Waals surface area contributed by atoms with Crippen molar-refractivity contribution in [3.8, 4) is 0 Å². The largest absolute Gasteiger partial charge is 0.353 e.